The Morgan fingerprint density at radius 1 is 1.00 bits per heavy atom. The van der Waals surface area contributed by atoms with Crippen molar-refractivity contribution in [2.24, 2.45) is 5.73 Å². The van der Waals surface area contributed by atoms with E-state index < -0.39 is 0 Å². The smallest absolute Gasteiger partial charge is 0.315 e. The fraction of sp³-hybridized carbons (Fsp3) is 0.381. The summed E-state index contributed by atoms with van der Waals surface area (Å²) in [6.07, 6.45) is 3.72. The van der Waals surface area contributed by atoms with Gasteiger partial charge in [0.25, 0.3) is 0 Å². The van der Waals surface area contributed by atoms with E-state index in [-0.39, 0.29) is 24.0 Å². The molecule has 0 bridgehead atoms. The van der Waals surface area contributed by atoms with Crippen molar-refractivity contribution < 1.29 is 4.79 Å². The summed E-state index contributed by atoms with van der Waals surface area (Å²) in [7, 11) is 0. The summed E-state index contributed by atoms with van der Waals surface area (Å²) < 4.78 is 0. The largest absolute Gasteiger partial charge is 0.338 e. The van der Waals surface area contributed by atoms with Crippen LogP contribution >= 0.6 is 0 Å². The number of benzene rings is 2. The molecule has 132 valence electrons. The third kappa shape index (κ3) is 5.07. The second-order valence-corrected chi connectivity index (χ2v) is 6.83. The predicted octanol–water partition coefficient (Wildman–Crippen LogP) is 3.39. The SMILES string of the molecule is N[C@@H]1CC[C@@H](NC(=O)NCCC(c2ccccc2)c2ccccc2)C1. The van der Waals surface area contributed by atoms with Gasteiger partial charge < -0.3 is 16.4 Å². The number of carbonyl (C=O) groups excluding carboxylic acids is 1. The third-order valence-corrected chi connectivity index (χ3v) is 4.93. The van der Waals surface area contributed by atoms with Gasteiger partial charge in [0.2, 0.25) is 0 Å². The fourth-order valence-electron chi connectivity index (χ4n) is 3.61. The summed E-state index contributed by atoms with van der Waals surface area (Å²) in [5, 5.41) is 6.04. The number of carbonyl (C=O) groups is 1. The number of hydrogen-bond acceptors (Lipinski definition) is 2. The average molecular weight is 337 g/mol. The molecule has 1 aliphatic rings. The fourth-order valence-corrected chi connectivity index (χ4v) is 3.61. The van der Waals surface area contributed by atoms with Crippen LogP contribution in [0.1, 0.15) is 42.7 Å². The Morgan fingerprint density at radius 2 is 1.60 bits per heavy atom. The number of amides is 2. The normalized spacial score (nSPS) is 19.8. The topological polar surface area (TPSA) is 67.1 Å². The van der Waals surface area contributed by atoms with Crippen LogP contribution in [0, 0.1) is 0 Å². The van der Waals surface area contributed by atoms with E-state index in [0.29, 0.717) is 6.54 Å². The van der Waals surface area contributed by atoms with E-state index in [0.717, 1.165) is 25.7 Å². The summed E-state index contributed by atoms with van der Waals surface area (Å²) >= 11 is 0. The maximum Gasteiger partial charge on any atom is 0.315 e. The van der Waals surface area contributed by atoms with Crippen molar-refractivity contribution in [3.63, 3.8) is 0 Å². The Balaban J connectivity index is 1.55. The third-order valence-electron chi connectivity index (χ3n) is 4.93. The molecule has 25 heavy (non-hydrogen) atoms. The average Bonchev–Trinajstić information content (AvgIpc) is 3.05. The predicted molar refractivity (Wildman–Crippen MR) is 101 cm³/mol. The molecule has 0 aromatic heterocycles. The van der Waals surface area contributed by atoms with Crippen LogP contribution in [0.5, 0.6) is 0 Å². The minimum atomic E-state index is -0.0843. The van der Waals surface area contributed by atoms with Crippen LogP contribution in [0.15, 0.2) is 60.7 Å². The molecule has 2 aromatic rings. The molecule has 4 nitrogen and oxygen atoms in total. The Kier molecular flexibility index (Phi) is 6.07. The second-order valence-electron chi connectivity index (χ2n) is 6.83. The molecule has 0 saturated heterocycles. The van der Waals surface area contributed by atoms with Crippen LogP contribution in [0.2, 0.25) is 0 Å². The van der Waals surface area contributed by atoms with E-state index in [2.05, 4.69) is 59.2 Å². The van der Waals surface area contributed by atoms with Crippen molar-refractivity contribution in [1.82, 2.24) is 10.6 Å². The highest BCUT2D eigenvalue weighted by Crippen LogP contribution is 2.27. The van der Waals surface area contributed by atoms with E-state index >= 15 is 0 Å². The number of nitrogens with one attached hydrogen (secondary N) is 2. The van der Waals surface area contributed by atoms with E-state index in [1.165, 1.54) is 11.1 Å². The highest BCUT2D eigenvalue weighted by atomic mass is 16.2. The van der Waals surface area contributed by atoms with Crippen LogP contribution in [0.25, 0.3) is 0 Å². The first kappa shape index (κ1) is 17.5. The van der Waals surface area contributed by atoms with Crippen LogP contribution in [0.4, 0.5) is 4.79 Å². The maximum atomic E-state index is 12.1. The quantitative estimate of drug-likeness (QED) is 0.756. The van der Waals surface area contributed by atoms with Crippen molar-refractivity contribution in [2.75, 3.05) is 6.54 Å². The zero-order valence-electron chi connectivity index (χ0n) is 14.5. The van der Waals surface area contributed by atoms with Crippen molar-refractivity contribution in [2.45, 2.75) is 43.7 Å². The number of urea groups is 1. The molecule has 2 atom stereocenters. The Morgan fingerprint density at radius 3 is 2.12 bits per heavy atom. The molecule has 0 unspecified atom stereocenters. The molecule has 4 N–H and O–H groups in total. The van der Waals surface area contributed by atoms with Gasteiger partial charge in [-0.2, -0.15) is 0 Å². The molecule has 1 saturated carbocycles. The number of nitrogens with two attached hydrogens (primary N) is 1. The van der Waals surface area contributed by atoms with Gasteiger partial charge in [0.15, 0.2) is 0 Å². The van der Waals surface area contributed by atoms with Crippen LogP contribution < -0.4 is 16.4 Å². The number of rotatable bonds is 6. The molecule has 4 heteroatoms. The molecule has 0 aliphatic heterocycles. The van der Waals surface area contributed by atoms with E-state index in [1.807, 2.05) is 12.1 Å². The van der Waals surface area contributed by atoms with Gasteiger partial charge >= 0.3 is 6.03 Å². The number of hydrogen-bond donors (Lipinski definition) is 3. The van der Waals surface area contributed by atoms with Gasteiger partial charge in [-0.1, -0.05) is 60.7 Å². The second kappa shape index (κ2) is 8.67. The Bertz CT molecular complexity index is 620. The summed E-state index contributed by atoms with van der Waals surface area (Å²) in [5.74, 6) is 0.280. The molecule has 3 rings (SSSR count). The van der Waals surface area contributed by atoms with Gasteiger partial charge in [0.1, 0.15) is 0 Å². The molecule has 2 aromatic carbocycles. The van der Waals surface area contributed by atoms with Crippen LogP contribution in [-0.2, 0) is 0 Å². The van der Waals surface area contributed by atoms with Gasteiger partial charge in [-0.05, 0) is 36.8 Å². The molecule has 2 amide bonds. The zero-order chi connectivity index (χ0) is 17.5. The molecule has 0 radical (unpaired) electrons. The first-order valence-corrected chi connectivity index (χ1v) is 9.12. The molecule has 0 heterocycles. The van der Waals surface area contributed by atoms with Crippen molar-refractivity contribution in [3.05, 3.63) is 71.8 Å². The molecular weight excluding hydrogens is 310 g/mol. The van der Waals surface area contributed by atoms with Gasteiger partial charge in [-0.25, -0.2) is 4.79 Å². The van der Waals surface area contributed by atoms with Crippen molar-refractivity contribution >= 4 is 6.03 Å². The van der Waals surface area contributed by atoms with Gasteiger partial charge in [0, 0.05) is 24.5 Å². The van der Waals surface area contributed by atoms with Crippen LogP contribution in [-0.4, -0.2) is 24.7 Å². The summed E-state index contributed by atoms with van der Waals surface area (Å²) in [6.45, 7) is 0.638. The molecule has 1 fully saturated rings. The molecular formula is C21H27N3O. The lowest BCUT2D eigenvalue weighted by atomic mass is 9.88. The minimum absolute atomic E-state index is 0.0843. The summed E-state index contributed by atoms with van der Waals surface area (Å²) in [5.41, 5.74) is 8.45. The van der Waals surface area contributed by atoms with E-state index in [9.17, 15) is 4.79 Å². The zero-order valence-corrected chi connectivity index (χ0v) is 14.5. The van der Waals surface area contributed by atoms with Gasteiger partial charge in [0.05, 0.1) is 0 Å². The van der Waals surface area contributed by atoms with E-state index in [1.54, 1.807) is 0 Å². The first-order chi connectivity index (χ1) is 12.2. The monoisotopic (exact) mass is 337 g/mol. The Labute approximate surface area is 149 Å². The minimum Gasteiger partial charge on any atom is -0.338 e. The lowest BCUT2D eigenvalue weighted by Gasteiger charge is -2.19. The van der Waals surface area contributed by atoms with Crippen molar-refractivity contribution in [3.8, 4) is 0 Å². The van der Waals surface area contributed by atoms with Crippen LogP contribution in [0.3, 0.4) is 0 Å². The Hall–Kier alpha value is -2.33. The lowest BCUT2D eigenvalue weighted by molar-refractivity contribution is 0.237. The van der Waals surface area contributed by atoms with E-state index in [4.69, 9.17) is 5.73 Å². The summed E-state index contributed by atoms with van der Waals surface area (Å²) in [4.78, 5) is 12.1. The molecule has 0 spiro atoms. The van der Waals surface area contributed by atoms with Gasteiger partial charge in [-0.3, -0.25) is 0 Å². The highest BCUT2D eigenvalue weighted by Gasteiger charge is 2.23. The highest BCUT2D eigenvalue weighted by molar-refractivity contribution is 5.74. The maximum absolute atomic E-state index is 12.1. The van der Waals surface area contributed by atoms with Gasteiger partial charge in [-0.15, -0.1) is 0 Å². The van der Waals surface area contributed by atoms with Crippen molar-refractivity contribution in [1.29, 1.82) is 0 Å². The first-order valence-electron chi connectivity index (χ1n) is 9.12. The molecule has 1 aliphatic carbocycles. The standard InChI is InChI=1S/C21H27N3O/c22-18-11-12-19(15-18)24-21(25)23-14-13-20(16-7-3-1-4-8-16)17-9-5-2-6-10-17/h1-10,18-20H,11-15,22H2,(H2,23,24,25)/t18-,19-/m1/s1. The summed E-state index contributed by atoms with van der Waals surface area (Å²) in [6, 6.07) is 21.3. The lowest BCUT2D eigenvalue weighted by Crippen LogP contribution is -2.42.